The monoisotopic (exact) mass is 287 g/mol. The van der Waals surface area contributed by atoms with Gasteiger partial charge in [-0.1, -0.05) is 18.2 Å². The zero-order chi connectivity index (χ0) is 15.4. The summed E-state index contributed by atoms with van der Waals surface area (Å²) in [4.78, 5) is 14.1. The highest BCUT2D eigenvalue weighted by Gasteiger charge is 2.21. The number of likely N-dealkylation sites (N-methyl/N-ethyl adjacent to an activating group) is 1. The number of amides is 1. The third-order valence-corrected chi connectivity index (χ3v) is 3.56. The van der Waals surface area contributed by atoms with Crippen molar-refractivity contribution < 1.29 is 13.9 Å². The number of rotatable bonds is 5. The zero-order valence-corrected chi connectivity index (χ0v) is 13.0. The van der Waals surface area contributed by atoms with Crippen molar-refractivity contribution in [1.82, 2.24) is 4.90 Å². The highest BCUT2D eigenvalue weighted by molar-refractivity contribution is 5.96. The van der Waals surface area contributed by atoms with Crippen molar-refractivity contribution in [3.63, 3.8) is 0 Å². The fourth-order valence-corrected chi connectivity index (χ4v) is 2.22. The fraction of sp³-hybridized carbons (Fsp3) is 0.353. The Balaban J connectivity index is 1.94. The van der Waals surface area contributed by atoms with Gasteiger partial charge in [0.05, 0.1) is 12.1 Å². The van der Waals surface area contributed by atoms with Gasteiger partial charge < -0.3 is 14.1 Å². The molecule has 0 N–H and O–H groups in total. The molecule has 0 aliphatic heterocycles. The molecule has 0 aliphatic rings. The molecule has 4 nitrogen and oxygen atoms in total. The maximum atomic E-state index is 12.5. The van der Waals surface area contributed by atoms with Gasteiger partial charge in [0, 0.05) is 12.6 Å². The number of furan rings is 1. The van der Waals surface area contributed by atoms with E-state index in [1.807, 2.05) is 51.1 Å². The van der Waals surface area contributed by atoms with Crippen molar-refractivity contribution >= 4 is 5.91 Å². The molecule has 0 unspecified atom stereocenters. The number of hydrogen-bond acceptors (Lipinski definition) is 3. The van der Waals surface area contributed by atoms with Crippen LogP contribution in [0.15, 0.2) is 34.7 Å². The van der Waals surface area contributed by atoms with Gasteiger partial charge in [0.15, 0.2) is 0 Å². The maximum Gasteiger partial charge on any atom is 0.257 e. The summed E-state index contributed by atoms with van der Waals surface area (Å²) in [5, 5.41) is 0. The first-order valence-corrected chi connectivity index (χ1v) is 7.00. The average Bonchev–Trinajstić information content (AvgIpc) is 2.72. The molecule has 0 saturated carbocycles. The molecule has 21 heavy (non-hydrogen) atoms. The average molecular weight is 287 g/mol. The van der Waals surface area contributed by atoms with E-state index in [0.29, 0.717) is 24.5 Å². The fourth-order valence-electron chi connectivity index (χ4n) is 2.22. The summed E-state index contributed by atoms with van der Waals surface area (Å²) in [6.07, 6.45) is 0. The van der Waals surface area contributed by atoms with Gasteiger partial charge in [-0.3, -0.25) is 4.79 Å². The number of benzene rings is 1. The largest absolute Gasteiger partial charge is 0.492 e. The Morgan fingerprint density at radius 3 is 2.38 bits per heavy atom. The van der Waals surface area contributed by atoms with Gasteiger partial charge >= 0.3 is 0 Å². The van der Waals surface area contributed by atoms with Crippen LogP contribution in [0.25, 0.3) is 0 Å². The SMILES string of the molecule is Cc1oc(C)c(C(=O)N(C)CCOc2ccccc2)c1C. The van der Waals surface area contributed by atoms with Crippen LogP contribution in [-0.2, 0) is 0 Å². The van der Waals surface area contributed by atoms with Crippen LogP contribution in [0.1, 0.15) is 27.4 Å². The van der Waals surface area contributed by atoms with E-state index < -0.39 is 0 Å². The van der Waals surface area contributed by atoms with Crippen molar-refractivity contribution in [2.24, 2.45) is 0 Å². The van der Waals surface area contributed by atoms with Crippen molar-refractivity contribution in [3.8, 4) is 5.75 Å². The zero-order valence-electron chi connectivity index (χ0n) is 13.0. The summed E-state index contributed by atoms with van der Waals surface area (Å²) in [6, 6.07) is 9.58. The Bertz CT molecular complexity index is 616. The summed E-state index contributed by atoms with van der Waals surface area (Å²) in [5.41, 5.74) is 1.57. The van der Waals surface area contributed by atoms with Crippen LogP contribution < -0.4 is 4.74 Å². The molecular weight excluding hydrogens is 266 g/mol. The molecule has 0 saturated heterocycles. The number of hydrogen-bond donors (Lipinski definition) is 0. The van der Waals surface area contributed by atoms with E-state index >= 15 is 0 Å². The number of carbonyl (C=O) groups is 1. The second-order valence-corrected chi connectivity index (χ2v) is 5.10. The van der Waals surface area contributed by atoms with Crippen molar-refractivity contribution in [1.29, 1.82) is 0 Å². The van der Waals surface area contributed by atoms with Gasteiger partial charge in [-0.2, -0.15) is 0 Å². The van der Waals surface area contributed by atoms with E-state index in [1.54, 1.807) is 11.9 Å². The molecule has 112 valence electrons. The van der Waals surface area contributed by atoms with Crippen LogP contribution >= 0.6 is 0 Å². The molecule has 1 aromatic carbocycles. The maximum absolute atomic E-state index is 12.5. The molecule has 2 aromatic rings. The van der Waals surface area contributed by atoms with Crippen molar-refractivity contribution in [2.45, 2.75) is 20.8 Å². The Kier molecular flexibility index (Phi) is 4.68. The Morgan fingerprint density at radius 1 is 1.14 bits per heavy atom. The number of carbonyl (C=O) groups excluding carboxylic acids is 1. The highest BCUT2D eigenvalue weighted by Crippen LogP contribution is 2.21. The molecule has 0 fully saturated rings. The number of ether oxygens (including phenoxy) is 1. The first kappa shape index (κ1) is 15.2. The van der Waals surface area contributed by atoms with Crippen molar-refractivity contribution in [3.05, 3.63) is 53.0 Å². The lowest BCUT2D eigenvalue weighted by Crippen LogP contribution is -2.31. The second-order valence-electron chi connectivity index (χ2n) is 5.10. The van der Waals surface area contributed by atoms with Crippen LogP contribution in [0.3, 0.4) is 0 Å². The number of nitrogens with zero attached hydrogens (tertiary/aromatic N) is 1. The van der Waals surface area contributed by atoms with Gasteiger partial charge in [-0.05, 0) is 32.9 Å². The Morgan fingerprint density at radius 2 is 1.81 bits per heavy atom. The van der Waals surface area contributed by atoms with Crippen LogP contribution in [0.2, 0.25) is 0 Å². The van der Waals surface area contributed by atoms with Gasteiger partial charge in [0.1, 0.15) is 23.9 Å². The summed E-state index contributed by atoms with van der Waals surface area (Å²) in [7, 11) is 1.78. The minimum atomic E-state index is -0.0292. The van der Waals surface area contributed by atoms with E-state index in [4.69, 9.17) is 9.15 Å². The lowest BCUT2D eigenvalue weighted by molar-refractivity contribution is 0.0771. The molecular formula is C17H21NO3. The topological polar surface area (TPSA) is 42.7 Å². The summed E-state index contributed by atoms with van der Waals surface area (Å²) in [5.74, 6) is 2.25. The minimum Gasteiger partial charge on any atom is -0.492 e. The molecule has 0 bridgehead atoms. The predicted molar refractivity (Wildman–Crippen MR) is 81.8 cm³/mol. The van der Waals surface area contributed by atoms with E-state index in [9.17, 15) is 4.79 Å². The van der Waals surface area contributed by atoms with E-state index in [1.165, 1.54) is 0 Å². The third-order valence-electron chi connectivity index (χ3n) is 3.56. The van der Waals surface area contributed by atoms with Gasteiger partial charge in [-0.25, -0.2) is 0 Å². The summed E-state index contributed by atoms with van der Waals surface area (Å²) < 4.78 is 11.1. The molecule has 0 spiro atoms. The van der Waals surface area contributed by atoms with Crippen LogP contribution in [0, 0.1) is 20.8 Å². The summed E-state index contributed by atoms with van der Waals surface area (Å²) in [6.45, 7) is 6.59. The third kappa shape index (κ3) is 3.45. The second kappa shape index (κ2) is 6.48. The van der Waals surface area contributed by atoms with E-state index in [-0.39, 0.29) is 5.91 Å². The standard InChI is InChI=1S/C17H21NO3/c1-12-13(2)21-14(3)16(12)17(19)18(4)10-11-20-15-8-6-5-7-9-15/h5-9H,10-11H2,1-4H3. The van der Waals surface area contributed by atoms with E-state index in [0.717, 1.165) is 17.1 Å². The number of aryl methyl sites for hydroxylation is 2. The quantitative estimate of drug-likeness (QED) is 0.847. The van der Waals surface area contributed by atoms with Gasteiger partial charge in [0.2, 0.25) is 0 Å². The predicted octanol–water partition coefficient (Wildman–Crippen LogP) is 3.36. The van der Waals surface area contributed by atoms with Crippen molar-refractivity contribution in [2.75, 3.05) is 20.2 Å². The smallest absolute Gasteiger partial charge is 0.257 e. The lowest BCUT2D eigenvalue weighted by atomic mass is 10.1. The molecule has 1 aromatic heterocycles. The van der Waals surface area contributed by atoms with Crippen LogP contribution in [0.5, 0.6) is 5.75 Å². The van der Waals surface area contributed by atoms with Crippen LogP contribution in [-0.4, -0.2) is 31.0 Å². The molecule has 2 rings (SSSR count). The van der Waals surface area contributed by atoms with Gasteiger partial charge in [-0.15, -0.1) is 0 Å². The Labute approximate surface area is 125 Å². The molecule has 1 heterocycles. The molecule has 0 aliphatic carbocycles. The molecule has 4 heteroatoms. The first-order chi connectivity index (χ1) is 10.0. The summed E-state index contributed by atoms with van der Waals surface area (Å²) >= 11 is 0. The first-order valence-electron chi connectivity index (χ1n) is 7.00. The minimum absolute atomic E-state index is 0.0292. The Hall–Kier alpha value is -2.23. The normalized spacial score (nSPS) is 10.5. The van der Waals surface area contributed by atoms with Gasteiger partial charge in [0.25, 0.3) is 5.91 Å². The highest BCUT2D eigenvalue weighted by atomic mass is 16.5. The lowest BCUT2D eigenvalue weighted by Gasteiger charge is -2.17. The van der Waals surface area contributed by atoms with Crippen LogP contribution in [0.4, 0.5) is 0 Å². The molecule has 1 amide bonds. The number of para-hydroxylation sites is 1. The molecule has 0 radical (unpaired) electrons. The molecule has 0 atom stereocenters. The van der Waals surface area contributed by atoms with E-state index in [2.05, 4.69) is 0 Å².